The van der Waals surface area contributed by atoms with Crippen molar-refractivity contribution in [2.24, 2.45) is 16.6 Å². The number of halogens is 1. The number of nitrogens with two attached hydrogens (primary N) is 1. The number of hydrogen-bond donors (Lipinski definition) is 2. The van der Waals surface area contributed by atoms with E-state index in [1.165, 1.54) is 24.0 Å². The molecule has 1 aromatic rings. The first kappa shape index (κ1) is 18.5. The van der Waals surface area contributed by atoms with Gasteiger partial charge in [0.1, 0.15) is 9.84 Å². The van der Waals surface area contributed by atoms with Gasteiger partial charge < -0.3 is 11.1 Å². The third kappa shape index (κ3) is 5.07. The molecule has 2 aliphatic rings. The lowest BCUT2D eigenvalue weighted by atomic mass is 10.0. The fraction of sp³-hybridized carbons (Fsp3) is 0.562. The van der Waals surface area contributed by atoms with Crippen LogP contribution in [0.3, 0.4) is 0 Å². The highest BCUT2D eigenvalue weighted by Gasteiger charge is 2.23. The van der Waals surface area contributed by atoms with Crippen molar-refractivity contribution in [1.29, 1.82) is 0 Å². The number of aryl methyl sites for hydroxylation is 2. The fourth-order valence-corrected chi connectivity index (χ4v) is 4.77. The van der Waals surface area contributed by atoms with Gasteiger partial charge in [0.2, 0.25) is 0 Å². The summed E-state index contributed by atoms with van der Waals surface area (Å²) in [5.74, 6) is 1.30. The minimum absolute atomic E-state index is 0. The second kappa shape index (κ2) is 7.83. The van der Waals surface area contributed by atoms with Crippen LogP contribution in [0.5, 0.6) is 0 Å². The predicted octanol–water partition coefficient (Wildman–Crippen LogP) is 2.34. The number of anilines is 1. The van der Waals surface area contributed by atoms with Crippen LogP contribution in [0.15, 0.2) is 23.2 Å². The molecule has 0 unspecified atom stereocenters. The molecule has 0 atom stereocenters. The molecule has 0 aromatic heterocycles. The first-order valence-electron chi connectivity index (χ1n) is 7.91. The molecule has 3 N–H and O–H groups in total. The molecule has 5 nitrogen and oxygen atoms in total. The normalized spacial score (nSPS) is 20.6. The maximum Gasteiger partial charge on any atom is 0.193 e. The Bertz CT molecular complexity index is 675. The summed E-state index contributed by atoms with van der Waals surface area (Å²) in [6.07, 6.45) is 4.92. The molecule has 0 radical (unpaired) electrons. The molecule has 3 rings (SSSR count). The standard InChI is InChI=1S/C16H23N3O2S.HI/c17-16(18-11-12-6-8-22(20,21)9-7-12)19-15-5-4-13-2-1-3-14(13)10-15;/h4-5,10,12H,1-3,6-9,11H2,(H3,17,18,19);1H. The number of aliphatic imine (C=N–C) groups is 1. The zero-order valence-electron chi connectivity index (χ0n) is 13.1. The van der Waals surface area contributed by atoms with E-state index in [4.69, 9.17) is 5.73 Å². The van der Waals surface area contributed by atoms with Crippen molar-refractivity contribution in [3.8, 4) is 0 Å². The lowest BCUT2D eigenvalue weighted by Gasteiger charge is -2.20. The average molecular weight is 449 g/mol. The molecule has 1 heterocycles. The molecular formula is C16H24IN3O2S. The summed E-state index contributed by atoms with van der Waals surface area (Å²) in [6, 6.07) is 6.35. The summed E-state index contributed by atoms with van der Waals surface area (Å²) in [4.78, 5) is 4.37. The van der Waals surface area contributed by atoms with Crippen LogP contribution in [-0.4, -0.2) is 32.4 Å². The van der Waals surface area contributed by atoms with Gasteiger partial charge in [0.25, 0.3) is 0 Å². The van der Waals surface area contributed by atoms with E-state index in [-0.39, 0.29) is 35.5 Å². The van der Waals surface area contributed by atoms with Crippen LogP contribution in [0, 0.1) is 5.92 Å². The molecule has 7 heteroatoms. The Labute approximate surface area is 155 Å². The van der Waals surface area contributed by atoms with E-state index < -0.39 is 9.84 Å². The van der Waals surface area contributed by atoms with Gasteiger partial charge in [-0.1, -0.05) is 6.07 Å². The van der Waals surface area contributed by atoms with Crippen LogP contribution in [0.1, 0.15) is 30.4 Å². The van der Waals surface area contributed by atoms with Crippen molar-refractivity contribution >= 4 is 45.5 Å². The Morgan fingerprint density at radius 2 is 1.91 bits per heavy atom. The monoisotopic (exact) mass is 449 g/mol. The topological polar surface area (TPSA) is 84.5 Å². The number of rotatable bonds is 3. The molecule has 1 fully saturated rings. The van der Waals surface area contributed by atoms with E-state index in [0.717, 1.165) is 12.1 Å². The molecule has 1 aliphatic heterocycles. The summed E-state index contributed by atoms with van der Waals surface area (Å²) in [5.41, 5.74) is 9.75. The van der Waals surface area contributed by atoms with Crippen LogP contribution in [-0.2, 0) is 22.7 Å². The molecule has 0 spiro atoms. The third-order valence-corrected chi connectivity index (χ3v) is 6.28. The van der Waals surface area contributed by atoms with Gasteiger partial charge in [-0.2, -0.15) is 0 Å². The highest BCUT2D eigenvalue weighted by atomic mass is 127. The van der Waals surface area contributed by atoms with Crippen molar-refractivity contribution in [2.75, 3.05) is 23.4 Å². The van der Waals surface area contributed by atoms with Crippen LogP contribution in [0.25, 0.3) is 0 Å². The number of guanidine groups is 1. The zero-order chi connectivity index (χ0) is 15.6. The minimum atomic E-state index is -2.80. The summed E-state index contributed by atoms with van der Waals surface area (Å²) < 4.78 is 22.8. The maximum atomic E-state index is 11.4. The van der Waals surface area contributed by atoms with Gasteiger partial charge in [0, 0.05) is 12.2 Å². The summed E-state index contributed by atoms with van der Waals surface area (Å²) in [6.45, 7) is 0.597. The molecule has 23 heavy (non-hydrogen) atoms. The number of sulfone groups is 1. The quantitative estimate of drug-likeness (QED) is 0.422. The minimum Gasteiger partial charge on any atom is -0.370 e. The first-order chi connectivity index (χ1) is 10.5. The Kier molecular flexibility index (Phi) is 6.30. The van der Waals surface area contributed by atoms with Gasteiger partial charge in [-0.15, -0.1) is 24.0 Å². The Morgan fingerprint density at radius 3 is 2.65 bits per heavy atom. The van der Waals surface area contributed by atoms with Crippen molar-refractivity contribution in [1.82, 2.24) is 0 Å². The van der Waals surface area contributed by atoms with Gasteiger partial charge in [0.15, 0.2) is 5.96 Å². The third-order valence-electron chi connectivity index (χ3n) is 4.56. The smallest absolute Gasteiger partial charge is 0.193 e. The van der Waals surface area contributed by atoms with Gasteiger partial charge in [-0.05, 0) is 61.3 Å². The van der Waals surface area contributed by atoms with Crippen LogP contribution in [0.2, 0.25) is 0 Å². The largest absolute Gasteiger partial charge is 0.370 e. The van der Waals surface area contributed by atoms with Crippen LogP contribution in [0.4, 0.5) is 5.69 Å². The Hall–Kier alpha value is -0.830. The Morgan fingerprint density at radius 1 is 1.22 bits per heavy atom. The SMILES string of the molecule is I.NC(=NCC1CCS(=O)(=O)CC1)Nc1ccc2c(c1)CCC2. The van der Waals surface area contributed by atoms with E-state index in [1.807, 2.05) is 6.07 Å². The average Bonchev–Trinajstić information content (AvgIpc) is 2.93. The van der Waals surface area contributed by atoms with E-state index in [2.05, 4.69) is 22.4 Å². The fourth-order valence-electron chi connectivity index (χ4n) is 3.19. The van der Waals surface area contributed by atoms with E-state index in [9.17, 15) is 8.42 Å². The highest BCUT2D eigenvalue weighted by Crippen LogP contribution is 2.25. The highest BCUT2D eigenvalue weighted by molar-refractivity contribution is 14.0. The lowest BCUT2D eigenvalue weighted by molar-refractivity contribution is 0.475. The van der Waals surface area contributed by atoms with Crippen molar-refractivity contribution < 1.29 is 8.42 Å². The van der Waals surface area contributed by atoms with Crippen LogP contribution >= 0.6 is 24.0 Å². The molecule has 1 aliphatic carbocycles. The molecule has 1 aromatic carbocycles. The number of nitrogens with zero attached hydrogens (tertiary/aromatic N) is 1. The zero-order valence-corrected chi connectivity index (χ0v) is 16.3. The number of benzene rings is 1. The van der Waals surface area contributed by atoms with Crippen molar-refractivity contribution in [2.45, 2.75) is 32.1 Å². The van der Waals surface area contributed by atoms with Gasteiger partial charge >= 0.3 is 0 Å². The molecule has 0 amide bonds. The van der Waals surface area contributed by atoms with E-state index in [0.29, 0.717) is 31.3 Å². The van der Waals surface area contributed by atoms with Gasteiger partial charge in [-0.3, -0.25) is 4.99 Å². The second-order valence-electron chi connectivity index (χ2n) is 6.28. The second-order valence-corrected chi connectivity index (χ2v) is 8.59. The van der Waals surface area contributed by atoms with Crippen LogP contribution < -0.4 is 11.1 Å². The number of nitrogens with one attached hydrogen (secondary N) is 1. The molecule has 1 saturated heterocycles. The predicted molar refractivity (Wildman–Crippen MR) is 105 cm³/mol. The number of fused-ring (bicyclic) bond motifs is 1. The van der Waals surface area contributed by atoms with Crippen molar-refractivity contribution in [3.63, 3.8) is 0 Å². The molecular weight excluding hydrogens is 425 g/mol. The number of hydrogen-bond acceptors (Lipinski definition) is 3. The maximum absolute atomic E-state index is 11.4. The van der Waals surface area contributed by atoms with Crippen molar-refractivity contribution in [3.05, 3.63) is 29.3 Å². The van der Waals surface area contributed by atoms with Gasteiger partial charge in [0.05, 0.1) is 11.5 Å². The molecule has 0 saturated carbocycles. The van der Waals surface area contributed by atoms with Gasteiger partial charge in [-0.25, -0.2) is 8.42 Å². The lowest BCUT2D eigenvalue weighted by Crippen LogP contribution is -2.27. The Balaban J connectivity index is 0.00000192. The summed E-state index contributed by atoms with van der Waals surface area (Å²) in [7, 11) is -2.80. The molecule has 0 bridgehead atoms. The summed E-state index contributed by atoms with van der Waals surface area (Å²) >= 11 is 0. The first-order valence-corrected chi connectivity index (χ1v) is 9.73. The van der Waals surface area contributed by atoms with E-state index >= 15 is 0 Å². The summed E-state index contributed by atoms with van der Waals surface area (Å²) in [5, 5.41) is 3.14. The molecule has 128 valence electrons. The van der Waals surface area contributed by atoms with E-state index in [1.54, 1.807) is 0 Å².